The van der Waals surface area contributed by atoms with Crippen LogP contribution in [0.1, 0.15) is 18.4 Å². The number of hydrogen-bond donors (Lipinski definition) is 1. The highest BCUT2D eigenvalue weighted by molar-refractivity contribution is 5.69. The van der Waals surface area contributed by atoms with Gasteiger partial charge in [-0.25, -0.2) is 0 Å². The van der Waals surface area contributed by atoms with Crippen molar-refractivity contribution in [2.75, 3.05) is 19.7 Å². The van der Waals surface area contributed by atoms with Crippen LogP contribution in [0.2, 0.25) is 0 Å². The van der Waals surface area contributed by atoms with Gasteiger partial charge in [0.15, 0.2) is 0 Å². The summed E-state index contributed by atoms with van der Waals surface area (Å²) in [7, 11) is 0. The quantitative estimate of drug-likeness (QED) is 0.834. The molecule has 0 saturated carbocycles. The van der Waals surface area contributed by atoms with Crippen LogP contribution in [0.15, 0.2) is 30.3 Å². The van der Waals surface area contributed by atoms with Crippen molar-refractivity contribution in [2.45, 2.75) is 25.5 Å². The topological polar surface area (TPSA) is 49.8 Å². The minimum atomic E-state index is -0.788. The summed E-state index contributed by atoms with van der Waals surface area (Å²) in [6.07, 6.45) is 2.30. The average molecular weight is 249 g/mol. The fourth-order valence-electron chi connectivity index (χ4n) is 2.29. The lowest BCUT2D eigenvalue weighted by molar-refractivity contribution is -0.138. The van der Waals surface area contributed by atoms with Crippen LogP contribution in [0.25, 0.3) is 0 Å². The zero-order valence-electron chi connectivity index (χ0n) is 10.4. The van der Waals surface area contributed by atoms with E-state index in [1.54, 1.807) is 0 Å². The first-order valence-corrected chi connectivity index (χ1v) is 6.34. The Morgan fingerprint density at radius 3 is 2.78 bits per heavy atom. The Morgan fingerprint density at radius 2 is 2.17 bits per heavy atom. The summed E-state index contributed by atoms with van der Waals surface area (Å²) in [6, 6.07) is 9.94. The Morgan fingerprint density at radius 1 is 1.39 bits per heavy atom. The van der Waals surface area contributed by atoms with Gasteiger partial charge in [0, 0.05) is 19.7 Å². The molecule has 0 amide bonds. The van der Waals surface area contributed by atoms with Crippen molar-refractivity contribution in [3.63, 3.8) is 0 Å². The molecule has 1 heterocycles. The third-order valence-electron chi connectivity index (χ3n) is 3.09. The monoisotopic (exact) mass is 249 g/mol. The molecule has 1 aromatic rings. The molecule has 4 nitrogen and oxygen atoms in total. The summed E-state index contributed by atoms with van der Waals surface area (Å²) in [5.74, 6) is -0.788. The van der Waals surface area contributed by atoms with Gasteiger partial charge >= 0.3 is 5.97 Å². The number of benzene rings is 1. The first-order chi connectivity index (χ1) is 8.74. The molecule has 18 heavy (non-hydrogen) atoms. The van der Waals surface area contributed by atoms with Gasteiger partial charge in [-0.3, -0.25) is 9.69 Å². The van der Waals surface area contributed by atoms with E-state index in [4.69, 9.17) is 9.84 Å². The average Bonchev–Trinajstić information content (AvgIpc) is 2.82. The first-order valence-electron chi connectivity index (χ1n) is 6.34. The molecule has 2 rings (SSSR count). The highest BCUT2D eigenvalue weighted by Crippen LogP contribution is 2.14. The maximum absolute atomic E-state index is 10.9. The lowest BCUT2D eigenvalue weighted by atomic mass is 10.2. The smallest absolute Gasteiger partial charge is 0.317 e. The zero-order valence-corrected chi connectivity index (χ0v) is 10.4. The fraction of sp³-hybridized carbons (Fsp3) is 0.500. The molecule has 0 unspecified atom stereocenters. The third kappa shape index (κ3) is 4.13. The Balaban J connectivity index is 1.93. The van der Waals surface area contributed by atoms with Gasteiger partial charge in [0.05, 0.1) is 12.6 Å². The number of carbonyl (C=O) groups is 1. The second kappa shape index (κ2) is 6.52. The second-order valence-corrected chi connectivity index (χ2v) is 4.68. The fourth-order valence-corrected chi connectivity index (χ4v) is 2.29. The molecule has 1 N–H and O–H groups in total. The van der Waals surface area contributed by atoms with Crippen molar-refractivity contribution >= 4 is 5.97 Å². The van der Waals surface area contributed by atoms with Gasteiger partial charge in [-0.2, -0.15) is 0 Å². The molecule has 0 spiro atoms. The SMILES string of the molecule is O=C(O)CN(Cc1ccccc1)C[C@H]1CCCO1. The van der Waals surface area contributed by atoms with Crippen molar-refractivity contribution in [3.05, 3.63) is 35.9 Å². The minimum Gasteiger partial charge on any atom is -0.480 e. The molecule has 1 fully saturated rings. The Kier molecular flexibility index (Phi) is 4.73. The summed E-state index contributed by atoms with van der Waals surface area (Å²) in [6.45, 7) is 2.22. The standard InChI is InChI=1S/C14H19NO3/c16-14(17)11-15(10-13-7-4-8-18-13)9-12-5-2-1-3-6-12/h1-3,5-6,13H,4,7-11H2,(H,16,17)/t13-/m1/s1. The van der Waals surface area contributed by atoms with E-state index in [0.29, 0.717) is 13.1 Å². The van der Waals surface area contributed by atoms with Crippen molar-refractivity contribution in [3.8, 4) is 0 Å². The van der Waals surface area contributed by atoms with Crippen LogP contribution in [0.4, 0.5) is 0 Å². The molecular weight excluding hydrogens is 230 g/mol. The predicted molar refractivity (Wildman–Crippen MR) is 68.3 cm³/mol. The van der Waals surface area contributed by atoms with E-state index >= 15 is 0 Å². The number of hydrogen-bond acceptors (Lipinski definition) is 3. The molecule has 98 valence electrons. The van der Waals surface area contributed by atoms with Crippen molar-refractivity contribution in [1.82, 2.24) is 4.90 Å². The van der Waals surface area contributed by atoms with E-state index in [-0.39, 0.29) is 12.6 Å². The van der Waals surface area contributed by atoms with Crippen molar-refractivity contribution < 1.29 is 14.6 Å². The van der Waals surface area contributed by atoms with Gasteiger partial charge in [-0.05, 0) is 18.4 Å². The van der Waals surface area contributed by atoms with E-state index in [2.05, 4.69) is 0 Å². The van der Waals surface area contributed by atoms with Crippen LogP contribution in [0.3, 0.4) is 0 Å². The third-order valence-corrected chi connectivity index (χ3v) is 3.09. The van der Waals surface area contributed by atoms with Crippen LogP contribution in [0, 0.1) is 0 Å². The van der Waals surface area contributed by atoms with E-state index in [1.165, 1.54) is 0 Å². The second-order valence-electron chi connectivity index (χ2n) is 4.68. The van der Waals surface area contributed by atoms with Crippen LogP contribution in [0.5, 0.6) is 0 Å². The number of ether oxygens (including phenoxy) is 1. The Bertz CT molecular complexity index is 374. The summed E-state index contributed by atoms with van der Waals surface area (Å²) < 4.78 is 5.57. The molecule has 0 radical (unpaired) electrons. The maximum atomic E-state index is 10.9. The number of carboxylic acid groups (broad SMARTS) is 1. The molecule has 1 aromatic carbocycles. The Labute approximate surface area is 107 Å². The lowest BCUT2D eigenvalue weighted by Crippen LogP contribution is -2.35. The van der Waals surface area contributed by atoms with Crippen LogP contribution >= 0.6 is 0 Å². The number of rotatable bonds is 6. The zero-order chi connectivity index (χ0) is 12.8. The lowest BCUT2D eigenvalue weighted by Gasteiger charge is -2.23. The largest absolute Gasteiger partial charge is 0.480 e. The minimum absolute atomic E-state index is 0.0642. The summed E-state index contributed by atoms with van der Waals surface area (Å²) >= 11 is 0. The van der Waals surface area contributed by atoms with Gasteiger partial charge in [-0.1, -0.05) is 30.3 Å². The molecule has 0 aliphatic carbocycles. The van der Waals surface area contributed by atoms with Crippen LogP contribution in [-0.2, 0) is 16.1 Å². The highest BCUT2D eigenvalue weighted by atomic mass is 16.5. The van der Waals surface area contributed by atoms with Gasteiger partial charge < -0.3 is 9.84 Å². The molecule has 1 saturated heterocycles. The molecule has 0 bridgehead atoms. The normalized spacial score (nSPS) is 19.3. The number of nitrogens with zero attached hydrogens (tertiary/aromatic N) is 1. The maximum Gasteiger partial charge on any atom is 0.317 e. The van der Waals surface area contributed by atoms with E-state index in [0.717, 1.165) is 25.0 Å². The molecule has 1 atom stereocenters. The summed E-state index contributed by atoms with van der Waals surface area (Å²) in [4.78, 5) is 12.8. The van der Waals surface area contributed by atoms with E-state index < -0.39 is 5.97 Å². The highest BCUT2D eigenvalue weighted by Gasteiger charge is 2.20. The predicted octanol–water partition coefficient (Wildman–Crippen LogP) is 1.75. The molecular formula is C14H19NO3. The van der Waals surface area contributed by atoms with Gasteiger partial charge in [0.2, 0.25) is 0 Å². The van der Waals surface area contributed by atoms with Gasteiger partial charge in [-0.15, -0.1) is 0 Å². The summed E-state index contributed by atoms with van der Waals surface area (Å²) in [5.41, 5.74) is 1.14. The Hall–Kier alpha value is -1.39. The molecule has 1 aliphatic heterocycles. The van der Waals surface area contributed by atoms with Crippen LogP contribution in [-0.4, -0.2) is 41.8 Å². The van der Waals surface area contributed by atoms with Crippen molar-refractivity contribution in [1.29, 1.82) is 0 Å². The number of aliphatic carboxylic acids is 1. The van der Waals surface area contributed by atoms with Crippen molar-refractivity contribution in [2.24, 2.45) is 0 Å². The van der Waals surface area contributed by atoms with E-state index in [9.17, 15) is 4.79 Å². The van der Waals surface area contributed by atoms with E-state index in [1.807, 2.05) is 35.2 Å². The molecule has 4 heteroatoms. The summed E-state index contributed by atoms with van der Waals surface area (Å²) in [5, 5.41) is 8.95. The molecule has 0 aromatic heterocycles. The molecule has 1 aliphatic rings. The number of carboxylic acids is 1. The van der Waals surface area contributed by atoms with Gasteiger partial charge in [0.25, 0.3) is 0 Å². The first kappa shape index (κ1) is 13.1. The van der Waals surface area contributed by atoms with Crippen LogP contribution < -0.4 is 0 Å². The van der Waals surface area contributed by atoms with Gasteiger partial charge in [0.1, 0.15) is 0 Å².